The summed E-state index contributed by atoms with van der Waals surface area (Å²) in [5.41, 5.74) is 1.67. The number of benzene rings is 2. The van der Waals surface area contributed by atoms with Crippen molar-refractivity contribution in [3.05, 3.63) is 64.2 Å². The summed E-state index contributed by atoms with van der Waals surface area (Å²) in [5.74, 6) is -0.518. The molecule has 0 saturated carbocycles. The second kappa shape index (κ2) is 8.53. The van der Waals surface area contributed by atoms with Crippen LogP contribution in [-0.2, 0) is 17.5 Å². The summed E-state index contributed by atoms with van der Waals surface area (Å²) in [5, 5.41) is 2.67. The first-order valence-corrected chi connectivity index (χ1v) is 9.56. The highest BCUT2D eigenvalue weighted by atomic mass is 35.5. The maximum Gasteiger partial charge on any atom is 0.416 e. The van der Waals surface area contributed by atoms with Crippen molar-refractivity contribution in [3.8, 4) is 0 Å². The van der Waals surface area contributed by atoms with Crippen molar-refractivity contribution in [2.75, 3.05) is 18.4 Å². The smallest absolute Gasteiger partial charge is 0.325 e. The number of hydrogen-bond acceptors (Lipinski definition) is 2. The predicted octanol–water partition coefficient (Wildman–Crippen LogP) is 5.52. The standard InChI is InChI=1S/C21H22ClF3N2O/c1-14-4-2-3-5-16(14)13-27-10-8-15(9-11-27)20(28)26-19-12-17(21(23,24)25)6-7-18(19)22/h2-7,12,15H,8-11,13H2,1H3,(H,26,28). The minimum absolute atomic E-state index is 0.00355. The Morgan fingerprint density at radius 1 is 1.18 bits per heavy atom. The van der Waals surface area contributed by atoms with E-state index in [0.29, 0.717) is 12.8 Å². The Morgan fingerprint density at radius 3 is 2.50 bits per heavy atom. The van der Waals surface area contributed by atoms with E-state index in [0.717, 1.165) is 37.8 Å². The molecule has 0 atom stereocenters. The predicted molar refractivity (Wildman–Crippen MR) is 104 cm³/mol. The molecular weight excluding hydrogens is 389 g/mol. The molecule has 28 heavy (non-hydrogen) atoms. The fraction of sp³-hybridized carbons (Fsp3) is 0.381. The summed E-state index contributed by atoms with van der Waals surface area (Å²) in [4.78, 5) is 14.8. The van der Waals surface area contributed by atoms with Gasteiger partial charge in [-0.25, -0.2) is 0 Å². The molecule has 0 bridgehead atoms. The van der Waals surface area contributed by atoms with Gasteiger partial charge < -0.3 is 5.32 Å². The molecule has 2 aromatic carbocycles. The minimum Gasteiger partial charge on any atom is -0.325 e. The van der Waals surface area contributed by atoms with Crippen LogP contribution in [0.1, 0.15) is 29.5 Å². The molecule has 0 aliphatic carbocycles. The third-order valence-electron chi connectivity index (χ3n) is 5.17. The molecule has 2 aromatic rings. The zero-order valence-corrected chi connectivity index (χ0v) is 16.3. The monoisotopic (exact) mass is 410 g/mol. The molecule has 7 heteroatoms. The number of halogens is 4. The molecule has 150 valence electrons. The third-order valence-corrected chi connectivity index (χ3v) is 5.49. The normalized spacial score (nSPS) is 16.2. The van der Waals surface area contributed by atoms with E-state index in [9.17, 15) is 18.0 Å². The molecule has 1 N–H and O–H groups in total. The number of likely N-dealkylation sites (tertiary alicyclic amines) is 1. The molecule has 0 radical (unpaired) electrons. The Kier molecular flexibility index (Phi) is 6.30. The van der Waals surface area contributed by atoms with E-state index in [-0.39, 0.29) is 22.5 Å². The highest BCUT2D eigenvalue weighted by Crippen LogP contribution is 2.34. The van der Waals surface area contributed by atoms with Crippen LogP contribution in [-0.4, -0.2) is 23.9 Å². The van der Waals surface area contributed by atoms with E-state index in [1.54, 1.807) is 0 Å². The molecule has 0 aromatic heterocycles. The van der Waals surface area contributed by atoms with E-state index < -0.39 is 11.7 Å². The topological polar surface area (TPSA) is 32.3 Å². The summed E-state index contributed by atoms with van der Waals surface area (Å²) < 4.78 is 38.6. The van der Waals surface area contributed by atoms with E-state index in [1.807, 2.05) is 12.1 Å². The lowest BCUT2D eigenvalue weighted by molar-refractivity contribution is -0.137. The highest BCUT2D eigenvalue weighted by Gasteiger charge is 2.32. The van der Waals surface area contributed by atoms with Gasteiger partial charge in [-0.2, -0.15) is 13.2 Å². The van der Waals surface area contributed by atoms with Crippen LogP contribution in [0.4, 0.5) is 18.9 Å². The molecule has 1 fully saturated rings. The van der Waals surface area contributed by atoms with Gasteiger partial charge in [0.05, 0.1) is 16.3 Å². The van der Waals surface area contributed by atoms with Crippen LogP contribution in [0.5, 0.6) is 0 Å². The van der Waals surface area contributed by atoms with Gasteiger partial charge >= 0.3 is 6.18 Å². The Labute approximate surface area is 167 Å². The number of rotatable bonds is 4. The van der Waals surface area contributed by atoms with Crippen LogP contribution in [0.25, 0.3) is 0 Å². The maximum absolute atomic E-state index is 12.9. The van der Waals surface area contributed by atoms with Crippen LogP contribution in [0, 0.1) is 12.8 Å². The second-order valence-corrected chi connectivity index (χ2v) is 7.57. The Morgan fingerprint density at radius 2 is 1.86 bits per heavy atom. The summed E-state index contributed by atoms with van der Waals surface area (Å²) in [6.45, 7) is 4.44. The van der Waals surface area contributed by atoms with Crippen molar-refractivity contribution in [2.24, 2.45) is 5.92 Å². The highest BCUT2D eigenvalue weighted by molar-refractivity contribution is 6.33. The van der Waals surface area contributed by atoms with Gasteiger partial charge in [-0.05, 0) is 62.2 Å². The molecule has 3 nitrogen and oxygen atoms in total. The second-order valence-electron chi connectivity index (χ2n) is 7.16. The van der Waals surface area contributed by atoms with Crippen molar-refractivity contribution in [3.63, 3.8) is 0 Å². The molecular formula is C21H22ClF3N2O. The lowest BCUT2D eigenvalue weighted by Gasteiger charge is -2.31. The van der Waals surface area contributed by atoms with Crippen molar-refractivity contribution in [1.82, 2.24) is 4.90 Å². The van der Waals surface area contributed by atoms with Gasteiger partial charge in [0.25, 0.3) is 0 Å². The number of alkyl halides is 3. The van der Waals surface area contributed by atoms with E-state index in [4.69, 9.17) is 11.6 Å². The number of nitrogens with zero attached hydrogens (tertiary/aromatic N) is 1. The van der Waals surface area contributed by atoms with Gasteiger partial charge in [0.1, 0.15) is 0 Å². The average molecular weight is 411 g/mol. The zero-order valence-electron chi connectivity index (χ0n) is 15.5. The molecule has 0 unspecified atom stereocenters. The quantitative estimate of drug-likeness (QED) is 0.720. The number of nitrogens with one attached hydrogen (secondary N) is 1. The zero-order chi connectivity index (χ0) is 20.3. The van der Waals surface area contributed by atoms with Crippen molar-refractivity contribution < 1.29 is 18.0 Å². The van der Waals surface area contributed by atoms with Crippen LogP contribution in [0.3, 0.4) is 0 Å². The molecule has 1 amide bonds. The summed E-state index contributed by atoms with van der Waals surface area (Å²) in [6, 6.07) is 11.1. The van der Waals surface area contributed by atoms with E-state index >= 15 is 0 Å². The van der Waals surface area contributed by atoms with Crippen LogP contribution in [0.15, 0.2) is 42.5 Å². The Bertz CT molecular complexity index is 846. The number of carbonyl (C=O) groups excluding carboxylic acids is 1. The molecule has 1 aliphatic heterocycles. The molecule has 1 saturated heterocycles. The van der Waals surface area contributed by atoms with Gasteiger partial charge in [0.2, 0.25) is 5.91 Å². The van der Waals surface area contributed by atoms with Crippen molar-refractivity contribution >= 4 is 23.2 Å². The summed E-state index contributed by atoms with van der Waals surface area (Å²) in [6.07, 6.45) is -3.16. The SMILES string of the molecule is Cc1ccccc1CN1CCC(C(=O)Nc2cc(C(F)(F)F)ccc2Cl)CC1. The van der Waals surface area contributed by atoms with Crippen molar-refractivity contribution in [1.29, 1.82) is 0 Å². The first kappa shape index (κ1) is 20.7. The number of piperidine rings is 1. The lowest BCUT2D eigenvalue weighted by Crippen LogP contribution is -2.37. The third kappa shape index (κ3) is 5.06. The molecule has 3 rings (SSSR count). The van der Waals surface area contributed by atoms with Crippen LogP contribution >= 0.6 is 11.6 Å². The van der Waals surface area contributed by atoms with Gasteiger partial charge in [-0.1, -0.05) is 35.9 Å². The van der Waals surface area contributed by atoms with Crippen molar-refractivity contribution in [2.45, 2.75) is 32.5 Å². The molecule has 0 spiro atoms. The lowest BCUT2D eigenvalue weighted by atomic mass is 9.95. The number of amides is 1. The number of hydrogen-bond donors (Lipinski definition) is 1. The fourth-order valence-corrected chi connectivity index (χ4v) is 3.58. The van der Waals surface area contributed by atoms with Crippen LogP contribution < -0.4 is 5.32 Å². The number of anilines is 1. The Balaban J connectivity index is 1.58. The summed E-state index contributed by atoms with van der Waals surface area (Å²) >= 11 is 5.97. The number of carbonyl (C=O) groups is 1. The van der Waals surface area contributed by atoms with E-state index in [1.165, 1.54) is 11.1 Å². The first-order valence-electron chi connectivity index (χ1n) is 9.18. The minimum atomic E-state index is -4.48. The van der Waals surface area contributed by atoms with Gasteiger partial charge in [0.15, 0.2) is 0 Å². The molecule has 1 heterocycles. The molecule has 1 aliphatic rings. The maximum atomic E-state index is 12.9. The summed E-state index contributed by atoms with van der Waals surface area (Å²) in [7, 11) is 0. The van der Waals surface area contributed by atoms with E-state index in [2.05, 4.69) is 29.3 Å². The van der Waals surface area contributed by atoms with Gasteiger partial charge in [-0.15, -0.1) is 0 Å². The largest absolute Gasteiger partial charge is 0.416 e. The average Bonchev–Trinajstić information content (AvgIpc) is 2.65. The fourth-order valence-electron chi connectivity index (χ4n) is 3.41. The van der Waals surface area contributed by atoms with Gasteiger partial charge in [0, 0.05) is 12.5 Å². The first-order chi connectivity index (χ1) is 13.2. The van der Waals surface area contributed by atoms with Crippen LogP contribution in [0.2, 0.25) is 5.02 Å². The van der Waals surface area contributed by atoms with Gasteiger partial charge in [-0.3, -0.25) is 9.69 Å². The number of aryl methyl sites for hydroxylation is 1. The Hall–Kier alpha value is -2.05.